The van der Waals surface area contributed by atoms with Crippen LogP contribution in [0.4, 0.5) is 0 Å². The van der Waals surface area contributed by atoms with Crippen molar-refractivity contribution in [2.45, 2.75) is 38.1 Å². The fraction of sp³-hybridized carbons (Fsp3) is 0.440. The van der Waals surface area contributed by atoms with E-state index in [4.69, 9.17) is 0 Å². The second-order valence-corrected chi connectivity index (χ2v) is 8.07. The molecular weight excluding hydrogens is 399 g/mol. The molecule has 158 valence electrons. The first kappa shape index (κ1) is 24.0. The molecule has 2 aromatic carbocycles. The third kappa shape index (κ3) is 6.86. The van der Waals surface area contributed by atoms with Crippen molar-refractivity contribution in [3.63, 3.8) is 0 Å². The molecule has 0 spiro atoms. The molecule has 4 heteroatoms. The maximum absolute atomic E-state index is 2.64. The molecule has 0 unspecified atom stereocenters. The van der Waals surface area contributed by atoms with E-state index in [9.17, 15) is 0 Å². The van der Waals surface area contributed by atoms with Crippen molar-refractivity contribution in [3.8, 4) is 0 Å². The summed E-state index contributed by atoms with van der Waals surface area (Å²) in [6.07, 6.45) is 10.1. The first-order chi connectivity index (χ1) is 13.4. The SMILES string of the molecule is C(=Cc1ccccc1)CN1CCN(Cc2ccccc2C2CCCC2)CC1.Cl.Cl. The molecule has 0 bridgehead atoms. The van der Waals surface area contributed by atoms with Crippen LogP contribution in [-0.2, 0) is 6.54 Å². The van der Waals surface area contributed by atoms with E-state index in [1.165, 1.54) is 57.4 Å². The maximum atomic E-state index is 2.64. The second-order valence-electron chi connectivity index (χ2n) is 8.07. The van der Waals surface area contributed by atoms with Crippen molar-refractivity contribution >= 4 is 30.9 Å². The Balaban J connectivity index is 0.00000150. The van der Waals surface area contributed by atoms with Gasteiger partial charge in [-0.2, -0.15) is 0 Å². The summed E-state index contributed by atoms with van der Waals surface area (Å²) in [6.45, 7) is 6.88. The standard InChI is InChI=1S/C25H32N2.2ClH/c1-2-9-22(10-3-1)11-8-16-26-17-19-27(20-18-26)21-24-14-6-7-15-25(24)23-12-4-5-13-23;;/h1-3,6-11,14-15,23H,4-5,12-13,16-21H2;2*1H. The molecule has 2 aromatic rings. The third-order valence-electron chi connectivity index (χ3n) is 6.18. The smallest absolute Gasteiger partial charge is 0.0237 e. The molecular formula is C25H34Cl2N2. The van der Waals surface area contributed by atoms with Gasteiger partial charge in [-0.05, 0) is 35.4 Å². The lowest BCUT2D eigenvalue weighted by molar-refractivity contribution is 0.136. The number of benzene rings is 2. The Morgan fingerprint density at radius 2 is 1.38 bits per heavy atom. The van der Waals surface area contributed by atoms with Gasteiger partial charge >= 0.3 is 0 Å². The summed E-state index contributed by atoms with van der Waals surface area (Å²) in [7, 11) is 0. The quantitative estimate of drug-likeness (QED) is 0.550. The van der Waals surface area contributed by atoms with Crippen LogP contribution in [0.2, 0.25) is 0 Å². The Morgan fingerprint density at radius 1 is 0.759 bits per heavy atom. The molecule has 2 fully saturated rings. The van der Waals surface area contributed by atoms with E-state index in [1.807, 2.05) is 0 Å². The average molecular weight is 433 g/mol. The predicted octanol–water partition coefficient (Wildman–Crippen LogP) is 6.02. The normalized spacial score (nSPS) is 18.5. The Labute approximate surface area is 188 Å². The van der Waals surface area contributed by atoms with Gasteiger partial charge in [0.15, 0.2) is 0 Å². The largest absolute Gasteiger partial charge is 0.297 e. The van der Waals surface area contributed by atoms with Crippen molar-refractivity contribution in [2.75, 3.05) is 32.7 Å². The predicted molar refractivity (Wildman–Crippen MR) is 129 cm³/mol. The molecule has 1 saturated heterocycles. The van der Waals surface area contributed by atoms with Crippen LogP contribution in [0, 0.1) is 0 Å². The van der Waals surface area contributed by atoms with E-state index in [0.717, 1.165) is 19.0 Å². The number of nitrogens with zero attached hydrogens (tertiary/aromatic N) is 2. The maximum Gasteiger partial charge on any atom is 0.0237 e. The molecule has 0 amide bonds. The van der Waals surface area contributed by atoms with Crippen molar-refractivity contribution < 1.29 is 0 Å². The van der Waals surface area contributed by atoms with Crippen LogP contribution in [0.15, 0.2) is 60.7 Å². The summed E-state index contributed by atoms with van der Waals surface area (Å²) >= 11 is 0. The van der Waals surface area contributed by atoms with Gasteiger partial charge in [-0.25, -0.2) is 0 Å². The van der Waals surface area contributed by atoms with Crippen LogP contribution in [0.5, 0.6) is 0 Å². The van der Waals surface area contributed by atoms with Crippen LogP contribution in [-0.4, -0.2) is 42.5 Å². The highest BCUT2D eigenvalue weighted by atomic mass is 35.5. The number of piperazine rings is 1. The van der Waals surface area contributed by atoms with Crippen LogP contribution in [0.1, 0.15) is 48.3 Å². The van der Waals surface area contributed by atoms with Gasteiger partial charge in [0.25, 0.3) is 0 Å². The Hall–Kier alpha value is -1.32. The summed E-state index contributed by atoms with van der Waals surface area (Å²) < 4.78 is 0. The molecule has 1 aliphatic carbocycles. The van der Waals surface area contributed by atoms with E-state index in [-0.39, 0.29) is 24.8 Å². The van der Waals surface area contributed by atoms with E-state index in [1.54, 1.807) is 11.1 Å². The monoisotopic (exact) mass is 432 g/mol. The zero-order valence-corrected chi connectivity index (χ0v) is 18.8. The van der Waals surface area contributed by atoms with Crippen LogP contribution < -0.4 is 0 Å². The van der Waals surface area contributed by atoms with E-state index >= 15 is 0 Å². The number of rotatable bonds is 6. The van der Waals surface area contributed by atoms with Crippen LogP contribution in [0.3, 0.4) is 0 Å². The van der Waals surface area contributed by atoms with Crippen molar-refractivity contribution in [1.29, 1.82) is 0 Å². The molecule has 0 radical (unpaired) electrons. The van der Waals surface area contributed by atoms with Gasteiger partial charge in [0.2, 0.25) is 0 Å². The third-order valence-corrected chi connectivity index (χ3v) is 6.18. The molecule has 2 aliphatic rings. The van der Waals surface area contributed by atoms with E-state index < -0.39 is 0 Å². The van der Waals surface area contributed by atoms with Crippen molar-refractivity contribution in [1.82, 2.24) is 9.80 Å². The summed E-state index contributed by atoms with van der Waals surface area (Å²) in [4.78, 5) is 5.21. The Bertz CT molecular complexity index is 733. The molecule has 1 aliphatic heterocycles. The minimum absolute atomic E-state index is 0. The second kappa shape index (κ2) is 12.4. The minimum Gasteiger partial charge on any atom is -0.297 e. The zero-order chi connectivity index (χ0) is 18.3. The molecule has 0 N–H and O–H groups in total. The number of hydrogen-bond donors (Lipinski definition) is 0. The molecule has 29 heavy (non-hydrogen) atoms. The first-order valence-corrected chi connectivity index (χ1v) is 10.6. The van der Waals surface area contributed by atoms with E-state index in [0.29, 0.717) is 0 Å². The summed E-state index contributed by atoms with van der Waals surface area (Å²) in [6, 6.07) is 19.8. The number of halogens is 2. The molecule has 2 nitrogen and oxygen atoms in total. The summed E-state index contributed by atoms with van der Waals surface area (Å²) in [5, 5.41) is 0. The van der Waals surface area contributed by atoms with Crippen LogP contribution >= 0.6 is 24.8 Å². The van der Waals surface area contributed by atoms with Gasteiger partial charge in [0.1, 0.15) is 0 Å². The van der Waals surface area contributed by atoms with E-state index in [2.05, 4.69) is 76.5 Å². The van der Waals surface area contributed by atoms with Gasteiger partial charge in [-0.3, -0.25) is 9.80 Å². The highest BCUT2D eigenvalue weighted by Crippen LogP contribution is 2.36. The molecule has 0 atom stereocenters. The molecule has 4 rings (SSSR count). The van der Waals surface area contributed by atoms with Gasteiger partial charge in [-0.1, -0.05) is 79.6 Å². The number of hydrogen-bond acceptors (Lipinski definition) is 2. The molecule has 1 heterocycles. The lowest BCUT2D eigenvalue weighted by atomic mass is 9.92. The summed E-state index contributed by atoms with van der Waals surface area (Å²) in [5.41, 5.74) is 4.49. The first-order valence-electron chi connectivity index (χ1n) is 10.6. The van der Waals surface area contributed by atoms with Crippen LogP contribution in [0.25, 0.3) is 6.08 Å². The van der Waals surface area contributed by atoms with Gasteiger partial charge < -0.3 is 0 Å². The lowest BCUT2D eigenvalue weighted by Crippen LogP contribution is -2.45. The summed E-state index contributed by atoms with van der Waals surface area (Å²) in [5.74, 6) is 0.811. The molecule has 0 aromatic heterocycles. The fourth-order valence-corrected chi connectivity index (χ4v) is 4.59. The average Bonchev–Trinajstić information content (AvgIpc) is 3.25. The topological polar surface area (TPSA) is 6.48 Å². The zero-order valence-electron chi connectivity index (χ0n) is 17.2. The van der Waals surface area contributed by atoms with Crippen molar-refractivity contribution in [2.24, 2.45) is 0 Å². The minimum atomic E-state index is 0. The van der Waals surface area contributed by atoms with Gasteiger partial charge in [-0.15, -0.1) is 24.8 Å². The lowest BCUT2D eigenvalue weighted by Gasteiger charge is -2.34. The highest BCUT2D eigenvalue weighted by molar-refractivity contribution is 5.85. The van der Waals surface area contributed by atoms with Crippen molar-refractivity contribution in [3.05, 3.63) is 77.4 Å². The van der Waals surface area contributed by atoms with Gasteiger partial charge in [0.05, 0.1) is 0 Å². The molecule has 1 saturated carbocycles. The Kier molecular flexibility index (Phi) is 10.2. The Morgan fingerprint density at radius 3 is 2.10 bits per heavy atom. The van der Waals surface area contributed by atoms with Gasteiger partial charge in [0, 0.05) is 39.3 Å². The fourth-order valence-electron chi connectivity index (χ4n) is 4.59. The highest BCUT2D eigenvalue weighted by Gasteiger charge is 2.22.